The fourth-order valence-electron chi connectivity index (χ4n) is 2.76. The van der Waals surface area contributed by atoms with Gasteiger partial charge in [-0.05, 0) is 41.0 Å². The van der Waals surface area contributed by atoms with E-state index >= 15 is 0 Å². The van der Waals surface area contributed by atoms with Gasteiger partial charge in [0.15, 0.2) is 0 Å². The number of carbonyl (C=O) groups excluding carboxylic acids is 1. The highest BCUT2D eigenvalue weighted by Crippen LogP contribution is 2.25. The van der Waals surface area contributed by atoms with Crippen molar-refractivity contribution >= 4 is 34.1 Å². The summed E-state index contributed by atoms with van der Waals surface area (Å²) in [6, 6.07) is 20.4. The van der Waals surface area contributed by atoms with Gasteiger partial charge in [-0.15, -0.1) is 0 Å². The van der Waals surface area contributed by atoms with Crippen LogP contribution in [0.5, 0.6) is 0 Å². The number of hydrogen-bond acceptors (Lipinski definition) is 2. The molecule has 0 radical (unpaired) electrons. The molecule has 0 bridgehead atoms. The molecule has 3 N–H and O–H groups in total. The van der Waals surface area contributed by atoms with Gasteiger partial charge in [0.1, 0.15) is 0 Å². The molecule has 0 heterocycles. The minimum Gasteiger partial charge on any atom is -0.388 e. The Morgan fingerprint density at radius 3 is 2.64 bits per heavy atom. The summed E-state index contributed by atoms with van der Waals surface area (Å²) in [6.07, 6.45) is -0.214. The van der Waals surface area contributed by atoms with Crippen LogP contribution in [-0.2, 0) is 0 Å². The van der Waals surface area contributed by atoms with Gasteiger partial charge < -0.3 is 15.7 Å². The van der Waals surface area contributed by atoms with Crippen LogP contribution in [0.3, 0.4) is 0 Å². The summed E-state index contributed by atoms with van der Waals surface area (Å²) in [5.74, 6) is 0. The molecule has 0 saturated carbocycles. The van der Waals surface area contributed by atoms with Gasteiger partial charge in [-0.2, -0.15) is 0 Å². The van der Waals surface area contributed by atoms with Crippen molar-refractivity contribution in [1.29, 1.82) is 0 Å². The van der Waals surface area contributed by atoms with Gasteiger partial charge in [-0.1, -0.05) is 60.1 Å². The molecule has 0 spiro atoms. The normalized spacial score (nSPS) is 11.9. The molecular formula is C20H19ClN2O2. The van der Waals surface area contributed by atoms with Crippen LogP contribution in [0, 0.1) is 0 Å². The standard InChI is InChI=1S/C20H19ClN2O2/c21-15-7-4-8-16(13-15)23-20(25)22-12-11-19(24)18-10-3-6-14-5-1-2-9-17(14)18/h1-10,13,19,24H,11-12H2,(H2,22,23,25)/t19-/m0/s1. The number of fused-ring (bicyclic) bond motifs is 1. The second-order valence-electron chi connectivity index (χ2n) is 5.76. The molecule has 0 aromatic heterocycles. The second kappa shape index (κ2) is 8.01. The summed E-state index contributed by atoms with van der Waals surface area (Å²) in [5, 5.41) is 18.6. The van der Waals surface area contributed by atoms with Crippen LogP contribution in [0.2, 0.25) is 5.02 Å². The molecule has 5 heteroatoms. The van der Waals surface area contributed by atoms with E-state index in [9.17, 15) is 9.90 Å². The Morgan fingerprint density at radius 1 is 1.04 bits per heavy atom. The van der Waals surface area contributed by atoms with Crippen molar-refractivity contribution in [3.8, 4) is 0 Å². The molecule has 0 aliphatic carbocycles. The molecule has 3 rings (SSSR count). The van der Waals surface area contributed by atoms with Gasteiger partial charge in [0.05, 0.1) is 6.10 Å². The Kier molecular flexibility index (Phi) is 5.53. The highest BCUT2D eigenvalue weighted by Gasteiger charge is 2.11. The van der Waals surface area contributed by atoms with E-state index in [1.807, 2.05) is 42.5 Å². The van der Waals surface area contributed by atoms with E-state index in [0.29, 0.717) is 23.7 Å². The summed E-state index contributed by atoms with van der Waals surface area (Å²) in [7, 11) is 0. The quantitative estimate of drug-likeness (QED) is 0.619. The molecule has 0 fully saturated rings. The van der Waals surface area contributed by atoms with E-state index < -0.39 is 6.10 Å². The molecule has 0 saturated heterocycles. The van der Waals surface area contributed by atoms with Gasteiger partial charge in [0.25, 0.3) is 0 Å². The highest BCUT2D eigenvalue weighted by molar-refractivity contribution is 6.30. The number of hydrogen-bond donors (Lipinski definition) is 3. The number of nitrogens with one attached hydrogen (secondary N) is 2. The molecule has 4 nitrogen and oxygen atoms in total. The molecular weight excluding hydrogens is 336 g/mol. The van der Waals surface area contributed by atoms with E-state index in [0.717, 1.165) is 16.3 Å². The lowest BCUT2D eigenvalue weighted by molar-refractivity contribution is 0.169. The fourth-order valence-corrected chi connectivity index (χ4v) is 2.95. The van der Waals surface area contributed by atoms with Crippen molar-refractivity contribution in [1.82, 2.24) is 5.32 Å². The monoisotopic (exact) mass is 354 g/mol. The lowest BCUT2D eigenvalue weighted by atomic mass is 9.99. The van der Waals surface area contributed by atoms with Crippen molar-refractivity contribution in [3.05, 3.63) is 77.3 Å². The number of aliphatic hydroxyl groups excluding tert-OH is 1. The van der Waals surface area contributed by atoms with Crippen LogP contribution < -0.4 is 10.6 Å². The van der Waals surface area contributed by atoms with Crippen LogP contribution in [0.15, 0.2) is 66.7 Å². The number of anilines is 1. The molecule has 0 aliphatic heterocycles. The maximum atomic E-state index is 11.9. The number of urea groups is 1. The zero-order valence-corrected chi connectivity index (χ0v) is 14.3. The zero-order valence-electron chi connectivity index (χ0n) is 13.6. The van der Waals surface area contributed by atoms with E-state index in [2.05, 4.69) is 10.6 Å². The lowest BCUT2D eigenvalue weighted by Gasteiger charge is -2.14. The molecule has 3 aromatic rings. The second-order valence-corrected chi connectivity index (χ2v) is 6.20. The van der Waals surface area contributed by atoms with Gasteiger partial charge >= 0.3 is 6.03 Å². The van der Waals surface area contributed by atoms with Crippen molar-refractivity contribution in [3.63, 3.8) is 0 Å². The Labute approximate surface area is 151 Å². The van der Waals surface area contributed by atoms with E-state index in [1.54, 1.807) is 24.3 Å². The number of amides is 2. The lowest BCUT2D eigenvalue weighted by Crippen LogP contribution is -2.30. The topological polar surface area (TPSA) is 61.4 Å². The third kappa shape index (κ3) is 4.50. The van der Waals surface area contributed by atoms with Crippen molar-refractivity contribution in [2.24, 2.45) is 0 Å². The third-order valence-electron chi connectivity index (χ3n) is 3.97. The minimum absolute atomic E-state index is 0.326. The van der Waals surface area contributed by atoms with Crippen LogP contribution in [0.25, 0.3) is 10.8 Å². The molecule has 2 amide bonds. The first-order valence-corrected chi connectivity index (χ1v) is 8.47. The maximum absolute atomic E-state index is 11.9. The maximum Gasteiger partial charge on any atom is 0.319 e. The smallest absolute Gasteiger partial charge is 0.319 e. The Morgan fingerprint density at radius 2 is 1.80 bits per heavy atom. The molecule has 3 aromatic carbocycles. The minimum atomic E-state index is -0.641. The first kappa shape index (κ1) is 17.3. The van der Waals surface area contributed by atoms with Crippen LogP contribution in [0.4, 0.5) is 10.5 Å². The van der Waals surface area contributed by atoms with Crippen LogP contribution in [-0.4, -0.2) is 17.7 Å². The number of carbonyl (C=O) groups is 1. The third-order valence-corrected chi connectivity index (χ3v) is 4.20. The summed E-state index contributed by atoms with van der Waals surface area (Å²) in [4.78, 5) is 11.9. The van der Waals surface area contributed by atoms with Gasteiger partial charge in [0.2, 0.25) is 0 Å². The van der Waals surface area contributed by atoms with Crippen molar-refractivity contribution in [2.45, 2.75) is 12.5 Å². The van der Waals surface area contributed by atoms with Gasteiger partial charge in [-0.25, -0.2) is 4.79 Å². The van der Waals surface area contributed by atoms with Crippen LogP contribution in [0.1, 0.15) is 18.1 Å². The predicted molar refractivity (Wildman–Crippen MR) is 102 cm³/mol. The zero-order chi connectivity index (χ0) is 17.6. The Bertz CT molecular complexity index is 877. The van der Waals surface area contributed by atoms with Gasteiger partial charge in [-0.3, -0.25) is 0 Å². The molecule has 1 atom stereocenters. The first-order chi connectivity index (χ1) is 12.1. The summed E-state index contributed by atoms with van der Waals surface area (Å²) in [5.41, 5.74) is 1.50. The largest absolute Gasteiger partial charge is 0.388 e. The molecule has 128 valence electrons. The van der Waals surface area contributed by atoms with Crippen LogP contribution >= 0.6 is 11.6 Å². The number of benzene rings is 3. The first-order valence-electron chi connectivity index (χ1n) is 8.09. The van der Waals surface area contributed by atoms with Crippen molar-refractivity contribution < 1.29 is 9.90 Å². The van der Waals surface area contributed by atoms with E-state index in [1.165, 1.54) is 0 Å². The highest BCUT2D eigenvalue weighted by atomic mass is 35.5. The average molecular weight is 355 g/mol. The molecule has 0 unspecified atom stereocenters. The van der Waals surface area contributed by atoms with Crippen molar-refractivity contribution in [2.75, 3.05) is 11.9 Å². The molecule has 0 aliphatic rings. The fraction of sp³-hybridized carbons (Fsp3) is 0.150. The summed E-state index contributed by atoms with van der Waals surface area (Å²) < 4.78 is 0. The summed E-state index contributed by atoms with van der Waals surface area (Å²) >= 11 is 5.88. The Balaban J connectivity index is 1.55. The number of rotatable bonds is 5. The average Bonchev–Trinajstić information content (AvgIpc) is 2.61. The SMILES string of the molecule is O=C(NCC[C@H](O)c1cccc2ccccc12)Nc1cccc(Cl)c1. The van der Waals surface area contributed by atoms with E-state index in [4.69, 9.17) is 11.6 Å². The summed E-state index contributed by atoms with van der Waals surface area (Å²) in [6.45, 7) is 0.358. The number of aliphatic hydroxyl groups is 1. The Hall–Kier alpha value is -2.56. The predicted octanol–water partition coefficient (Wildman–Crippen LogP) is 4.74. The van der Waals surface area contributed by atoms with Gasteiger partial charge in [0, 0.05) is 17.3 Å². The molecule has 25 heavy (non-hydrogen) atoms. The number of halogens is 1. The van der Waals surface area contributed by atoms with E-state index in [-0.39, 0.29) is 6.03 Å².